The first kappa shape index (κ1) is 12.6. The van der Waals surface area contributed by atoms with Crippen molar-refractivity contribution in [1.82, 2.24) is 15.5 Å². The van der Waals surface area contributed by atoms with Crippen molar-refractivity contribution in [2.75, 3.05) is 6.54 Å². The Balaban J connectivity index is 1.83. The van der Waals surface area contributed by atoms with E-state index >= 15 is 0 Å². The van der Waals surface area contributed by atoms with Crippen molar-refractivity contribution >= 4 is 0 Å². The Morgan fingerprint density at radius 3 is 2.61 bits per heavy atom. The van der Waals surface area contributed by atoms with Gasteiger partial charge in [0.25, 0.3) is 0 Å². The lowest BCUT2D eigenvalue weighted by atomic mass is 10.1. The summed E-state index contributed by atoms with van der Waals surface area (Å²) in [5, 5.41) is 16.7. The molecule has 0 amide bonds. The second-order valence-electron chi connectivity index (χ2n) is 4.35. The van der Waals surface area contributed by atoms with Crippen molar-refractivity contribution in [2.45, 2.75) is 26.8 Å². The van der Waals surface area contributed by atoms with E-state index in [2.05, 4.69) is 20.0 Å². The van der Waals surface area contributed by atoms with Crippen LogP contribution in [0.3, 0.4) is 0 Å². The molecule has 5 heteroatoms. The molecule has 0 radical (unpaired) electrons. The molecule has 2 rings (SSSR count). The Morgan fingerprint density at radius 1 is 1.28 bits per heavy atom. The first-order valence-corrected chi connectivity index (χ1v) is 5.92. The van der Waals surface area contributed by atoms with Crippen LogP contribution in [0, 0.1) is 13.8 Å². The van der Waals surface area contributed by atoms with Gasteiger partial charge < -0.3 is 14.9 Å². The largest absolute Gasteiger partial charge is 0.507 e. The summed E-state index contributed by atoms with van der Waals surface area (Å²) in [6.45, 7) is 5.37. The quantitative estimate of drug-likeness (QED) is 0.787. The van der Waals surface area contributed by atoms with Gasteiger partial charge in [0.15, 0.2) is 5.82 Å². The number of phenolic OH excluding ortho intramolecular Hbond substituents is 1. The molecule has 0 saturated heterocycles. The summed E-state index contributed by atoms with van der Waals surface area (Å²) < 4.78 is 4.66. The Kier molecular flexibility index (Phi) is 3.94. The fourth-order valence-electron chi connectivity index (χ4n) is 1.88. The monoisotopic (exact) mass is 247 g/mol. The SMILES string of the molecule is Cc1cc(CNCCc2ncon2)cc(C)c1O. The maximum atomic E-state index is 9.68. The van der Waals surface area contributed by atoms with E-state index in [0.29, 0.717) is 11.6 Å². The molecule has 18 heavy (non-hydrogen) atoms. The number of hydrogen-bond acceptors (Lipinski definition) is 5. The van der Waals surface area contributed by atoms with Crippen molar-refractivity contribution in [2.24, 2.45) is 0 Å². The van der Waals surface area contributed by atoms with Gasteiger partial charge in [0.1, 0.15) is 5.75 Å². The highest BCUT2D eigenvalue weighted by Gasteiger charge is 2.03. The Hall–Kier alpha value is -1.88. The lowest BCUT2D eigenvalue weighted by molar-refractivity contribution is 0.409. The summed E-state index contributed by atoms with van der Waals surface area (Å²) in [6, 6.07) is 3.98. The first-order valence-electron chi connectivity index (χ1n) is 5.92. The molecular formula is C13H17N3O2. The molecule has 0 fully saturated rings. The van der Waals surface area contributed by atoms with Crippen LogP contribution in [-0.4, -0.2) is 21.8 Å². The smallest absolute Gasteiger partial charge is 0.213 e. The number of rotatable bonds is 5. The van der Waals surface area contributed by atoms with Gasteiger partial charge in [-0.25, -0.2) is 0 Å². The van der Waals surface area contributed by atoms with Gasteiger partial charge in [-0.3, -0.25) is 0 Å². The standard InChI is InChI=1S/C13H17N3O2/c1-9-5-11(6-10(2)13(9)17)7-14-4-3-12-15-8-18-16-12/h5-6,8,14,17H,3-4,7H2,1-2H3. The van der Waals surface area contributed by atoms with Crippen LogP contribution in [0.4, 0.5) is 0 Å². The van der Waals surface area contributed by atoms with Gasteiger partial charge >= 0.3 is 0 Å². The number of nitrogens with one attached hydrogen (secondary N) is 1. The van der Waals surface area contributed by atoms with Gasteiger partial charge in [-0.2, -0.15) is 4.98 Å². The average Bonchev–Trinajstić information content (AvgIpc) is 2.84. The van der Waals surface area contributed by atoms with Gasteiger partial charge in [-0.15, -0.1) is 0 Å². The van der Waals surface area contributed by atoms with E-state index in [1.165, 1.54) is 6.39 Å². The molecule has 2 N–H and O–H groups in total. The molecule has 1 aromatic carbocycles. The number of hydrogen-bond donors (Lipinski definition) is 2. The number of aryl methyl sites for hydroxylation is 2. The molecule has 0 unspecified atom stereocenters. The molecule has 0 bridgehead atoms. The van der Waals surface area contributed by atoms with Crippen LogP contribution in [0.2, 0.25) is 0 Å². The maximum absolute atomic E-state index is 9.68. The predicted octanol–water partition coefficient (Wildman–Crippen LogP) is 1.72. The second kappa shape index (κ2) is 5.64. The third-order valence-corrected chi connectivity index (χ3v) is 2.81. The van der Waals surface area contributed by atoms with E-state index in [9.17, 15) is 5.11 Å². The molecule has 0 atom stereocenters. The van der Waals surface area contributed by atoms with E-state index in [1.54, 1.807) is 0 Å². The Labute approximate surface area is 106 Å². The number of nitrogens with zero attached hydrogens (tertiary/aromatic N) is 2. The fourth-order valence-corrected chi connectivity index (χ4v) is 1.88. The number of benzene rings is 1. The van der Waals surface area contributed by atoms with Crippen LogP contribution in [-0.2, 0) is 13.0 Å². The second-order valence-corrected chi connectivity index (χ2v) is 4.35. The lowest BCUT2D eigenvalue weighted by Gasteiger charge is -2.08. The van der Waals surface area contributed by atoms with Crippen molar-refractivity contribution in [3.05, 3.63) is 41.0 Å². The normalized spacial score (nSPS) is 10.8. The zero-order chi connectivity index (χ0) is 13.0. The van der Waals surface area contributed by atoms with Crippen LogP contribution in [0.5, 0.6) is 5.75 Å². The third kappa shape index (κ3) is 3.07. The molecule has 0 saturated carbocycles. The van der Waals surface area contributed by atoms with E-state index in [-0.39, 0.29) is 0 Å². The van der Waals surface area contributed by atoms with Gasteiger partial charge in [0.05, 0.1) is 0 Å². The Morgan fingerprint density at radius 2 is 2.00 bits per heavy atom. The number of phenols is 1. The van der Waals surface area contributed by atoms with Crippen molar-refractivity contribution in [3.63, 3.8) is 0 Å². The molecule has 0 aliphatic rings. The van der Waals surface area contributed by atoms with Crippen molar-refractivity contribution < 1.29 is 9.63 Å². The predicted molar refractivity (Wildman–Crippen MR) is 67.3 cm³/mol. The molecule has 0 spiro atoms. The summed E-state index contributed by atoms with van der Waals surface area (Å²) in [5.41, 5.74) is 2.98. The third-order valence-electron chi connectivity index (χ3n) is 2.81. The summed E-state index contributed by atoms with van der Waals surface area (Å²) in [4.78, 5) is 3.95. The minimum Gasteiger partial charge on any atom is -0.507 e. The molecular weight excluding hydrogens is 230 g/mol. The van der Waals surface area contributed by atoms with Crippen LogP contribution in [0.1, 0.15) is 22.5 Å². The molecule has 96 valence electrons. The zero-order valence-corrected chi connectivity index (χ0v) is 10.6. The zero-order valence-electron chi connectivity index (χ0n) is 10.6. The van der Waals surface area contributed by atoms with E-state index < -0.39 is 0 Å². The van der Waals surface area contributed by atoms with Crippen LogP contribution in [0.15, 0.2) is 23.0 Å². The molecule has 2 aromatic rings. The summed E-state index contributed by atoms with van der Waals surface area (Å²) >= 11 is 0. The lowest BCUT2D eigenvalue weighted by Crippen LogP contribution is -2.17. The topological polar surface area (TPSA) is 71.2 Å². The van der Waals surface area contributed by atoms with Gasteiger partial charge in [-0.1, -0.05) is 17.3 Å². The number of aromatic nitrogens is 2. The molecule has 0 aliphatic heterocycles. The van der Waals surface area contributed by atoms with Crippen LogP contribution in [0.25, 0.3) is 0 Å². The van der Waals surface area contributed by atoms with E-state index in [4.69, 9.17) is 0 Å². The fraction of sp³-hybridized carbons (Fsp3) is 0.385. The average molecular weight is 247 g/mol. The maximum Gasteiger partial charge on any atom is 0.213 e. The summed E-state index contributed by atoms with van der Waals surface area (Å²) in [6.07, 6.45) is 2.08. The molecule has 0 aliphatic carbocycles. The minimum atomic E-state index is 0.380. The molecule has 5 nitrogen and oxygen atoms in total. The van der Waals surface area contributed by atoms with Crippen LogP contribution < -0.4 is 5.32 Å². The summed E-state index contributed by atoms with van der Waals surface area (Å²) in [5.74, 6) is 1.09. The highest BCUT2D eigenvalue weighted by atomic mass is 16.5. The van der Waals surface area contributed by atoms with Crippen LogP contribution >= 0.6 is 0 Å². The highest BCUT2D eigenvalue weighted by molar-refractivity contribution is 5.42. The van der Waals surface area contributed by atoms with E-state index in [0.717, 1.165) is 36.2 Å². The van der Waals surface area contributed by atoms with E-state index in [1.807, 2.05) is 26.0 Å². The number of aromatic hydroxyl groups is 1. The van der Waals surface area contributed by atoms with Gasteiger partial charge in [-0.05, 0) is 30.5 Å². The van der Waals surface area contributed by atoms with Crippen molar-refractivity contribution in [1.29, 1.82) is 0 Å². The molecule has 1 aromatic heterocycles. The van der Waals surface area contributed by atoms with Crippen molar-refractivity contribution in [3.8, 4) is 5.75 Å². The summed E-state index contributed by atoms with van der Waals surface area (Å²) in [7, 11) is 0. The Bertz CT molecular complexity index is 486. The first-order chi connectivity index (χ1) is 8.66. The highest BCUT2D eigenvalue weighted by Crippen LogP contribution is 2.22. The molecule has 1 heterocycles. The van der Waals surface area contributed by atoms with Gasteiger partial charge in [0.2, 0.25) is 6.39 Å². The minimum absolute atomic E-state index is 0.380. The van der Waals surface area contributed by atoms with Gasteiger partial charge in [0, 0.05) is 19.5 Å².